The van der Waals surface area contributed by atoms with E-state index in [9.17, 15) is 9.59 Å². The molecule has 2 aliphatic rings. The summed E-state index contributed by atoms with van der Waals surface area (Å²) in [5.41, 5.74) is 1.24. The summed E-state index contributed by atoms with van der Waals surface area (Å²) in [7, 11) is 0. The molecule has 0 amide bonds. The number of nitrogens with zero attached hydrogens (tertiary/aromatic N) is 1. The van der Waals surface area contributed by atoms with Gasteiger partial charge in [-0.2, -0.15) is 0 Å². The molecule has 2 aliphatic heterocycles. The lowest BCUT2D eigenvalue weighted by Crippen LogP contribution is -2.45. The van der Waals surface area contributed by atoms with Crippen LogP contribution < -0.4 is 0 Å². The monoisotopic (exact) mass is 273 g/mol. The van der Waals surface area contributed by atoms with Crippen LogP contribution in [0.3, 0.4) is 0 Å². The maximum Gasteiger partial charge on any atom is 0.302 e. The third-order valence-corrected chi connectivity index (χ3v) is 4.25. The molecule has 2 heterocycles. The summed E-state index contributed by atoms with van der Waals surface area (Å²) < 4.78 is 5.41. The number of rotatable bonds is 3. The predicted molar refractivity (Wildman–Crippen MR) is 74.0 cm³/mol. The molecule has 1 aromatic carbocycles. The van der Waals surface area contributed by atoms with Gasteiger partial charge in [0.05, 0.1) is 6.04 Å². The molecule has 1 aromatic rings. The second-order valence-corrected chi connectivity index (χ2v) is 5.71. The zero-order chi connectivity index (χ0) is 14.1. The maximum absolute atomic E-state index is 11.8. The van der Waals surface area contributed by atoms with E-state index in [0.717, 1.165) is 13.0 Å². The van der Waals surface area contributed by atoms with Crippen LogP contribution in [-0.2, 0) is 20.9 Å². The van der Waals surface area contributed by atoms with Gasteiger partial charge in [0.1, 0.15) is 11.9 Å². The Kier molecular flexibility index (Phi) is 3.57. The van der Waals surface area contributed by atoms with Crippen molar-refractivity contribution in [1.29, 1.82) is 0 Å². The molecule has 0 aromatic heterocycles. The van der Waals surface area contributed by atoms with Crippen molar-refractivity contribution in [2.45, 2.75) is 50.9 Å². The number of benzene rings is 1. The Hall–Kier alpha value is -1.68. The number of hydrogen-bond donors (Lipinski definition) is 0. The number of carbonyl (C=O) groups excluding carboxylic acids is 2. The Balaban J connectivity index is 1.77. The molecule has 106 valence electrons. The molecule has 0 aliphatic carbocycles. The second kappa shape index (κ2) is 5.37. The van der Waals surface area contributed by atoms with E-state index < -0.39 is 0 Å². The van der Waals surface area contributed by atoms with Gasteiger partial charge in [-0.15, -0.1) is 0 Å². The summed E-state index contributed by atoms with van der Waals surface area (Å²) in [5, 5.41) is 0. The molecular formula is C16H19NO3. The third-order valence-electron chi connectivity index (χ3n) is 4.25. The van der Waals surface area contributed by atoms with E-state index in [1.54, 1.807) is 0 Å². The van der Waals surface area contributed by atoms with Crippen LogP contribution in [0.25, 0.3) is 0 Å². The average molecular weight is 273 g/mol. The van der Waals surface area contributed by atoms with Gasteiger partial charge >= 0.3 is 5.97 Å². The number of piperidine rings is 1. The zero-order valence-electron chi connectivity index (χ0n) is 11.6. The van der Waals surface area contributed by atoms with Crippen molar-refractivity contribution >= 4 is 11.8 Å². The summed E-state index contributed by atoms with van der Waals surface area (Å²) in [4.78, 5) is 25.3. The van der Waals surface area contributed by atoms with E-state index in [4.69, 9.17) is 4.74 Å². The summed E-state index contributed by atoms with van der Waals surface area (Å²) in [6.45, 7) is 2.26. The Labute approximate surface area is 118 Å². The summed E-state index contributed by atoms with van der Waals surface area (Å²) in [5.74, 6) is 0.0358. The highest BCUT2D eigenvalue weighted by atomic mass is 16.5. The van der Waals surface area contributed by atoms with Crippen molar-refractivity contribution in [3.05, 3.63) is 35.9 Å². The zero-order valence-corrected chi connectivity index (χ0v) is 11.6. The lowest BCUT2D eigenvalue weighted by molar-refractivity contribution is -0.148. The number of esters is 1. The first-order chi connectivity index (χ1) is 9.63. The smallest absolute Gasteiger partial charge is 0.302 e. The van der Waals surface area contributed by atoms with Crippen molar-refractivity contribution in [3.8, 4) is 0 Å². The third kappa shape index (κ3) is 2.61. The molecule has 0 N–H and O–H groups in total. The highest BCUT2D eigenvalue weighted by Crippen LogP contribution is 2.37. The minimum atomic E-state index is -0.255. The van der Waals surface area contributed by atoms with Gasteiger partial charge in [-0.1, -0.05) is 30.3 Å². The molecule has 0 radical (unpaired) electrons. The number of fused-ring (bicyclic) bond motifs is 2. The van der Waals surface area contributed by atoms with Gasteiger partial charge in [0.15, 0.2) is 0 Å². The minimum Gasteiger partial charge on any atom is -0.461 e. The first-order valence-corrected chi connectivity index (χ1v) is 7.12. The normalized spacial score (nSPS) is 29.4. The van der Waals surface area contributed by atoms with E-state index in [-0.39, 0.29) is 24.2 Å². The molecule has 4 nitrogen and oxygen atoms in total. The summed E-state index contributed by atoms with van der Waals surface area (Å²) in [6.07, 6.45) is 1.73. The standard InChI is InChI=1S/C16H19NO3/c1-11(18)20-16-8-13-7-14(19)9-15(16)17(13)10-12-5-3-2-4-6-12/h2-6,13,15-16H,7-10H2,1H3/t13-,15+,16-/m0/s1. The van der Waals surface area contributed by atoms with Crippen LogP contribution in [0.1, 0.15) is 31.7 Å². The number of ketones is 1. The minimum absolute atomic E-state index is 0.0466. The average Bonchev–Trinajstić information content (AvgIpc) is 2.60. The fourth-order valence-corrected chi connectivity index (χ4v) is 3.45. The predicted octanol–water partition coefficient (Wildman–Crippen LogP) is 1.92. The van der Waals surface area contributed by atoms with Gasteiger partial charge in [0, 0.05) is 38.8 Å². The van der Waals surface area contributed by atoms with Crippen LogP contribution in [0.2, 0.25) is 0 Å². The second-order valence-electron chi connectivity index (χ2n) is 5.71. The Bertz CT molecular complexity index is 514. The summed E-state index contributed by atoms with van der Waals surface area (Å²) >= 11 is 0. The fraction of sp³-hybridized carbons (Fsp3) is 0.500. The molecule has 2 saturated heterocycles. The number of ether oxygens (including phenoxy) is 1. The van der Waals surface area contributed by atoms with Crippen molar-refractivity contribution in [2.24, 2.45) is 0 Å². The lowest BCUT2D eigenvalue weighted by Gasteiger charge is -2.34. The Morgan fingerprint density at radius 3 is 2.75 bits per heavy atom. The van der Waals surface area contributed by atoms with E-state index in [1.807, 2.05) is 18.2 Å². The van der Waals surface area contributed by atoms with Crippen LogP contribution in [0.5, 0.6) is 0 Å². The van der Waals surface area contributed by atoms with Gasteiger partial charge in [0.2, 0.25) is 0 Å². The SMILES string of the molecule is CC(=O)O[C@H]1C[C@@H]2CC(=O)C[C@H]1N2Cc1ccccc1. The molecule has 3 rings (SSSR count). The Morgan fingerprint density at radius 1 is 1.30 bits per heavy atom. The molecule has 4 heteroatoms. The van der Waals surface area contributed by atoms with Gasteiger partial charge < -0.3 is 4.74 Å². The molecule has 0 spiro atoms. The highest BCUT2D eigenvalue weighted by molar-refractivity contribution is 5.81. The molecule has 0 unspecified atom stereocenters. The van der Waals surface area contributed by atoms with Crippen LogP contribution >= 0.6 is 0 Å². The van der Waals surface area contributed by atoms with E-state index in [2.05, 4.69) is 17.0 Å². The first kappa shape index (κ1) is 13.3. The number of hydrogen-bond acceptors (Lipinski definition) is 4. The van der Waals surface area contributed by atoms with Crippen LogP contribution in [0.4, 0.5) is 0 Å². The van der Waals surface area contributed by atoms with E-state index >= 15 is 0 Å². The van der Waals surface area contributed by atoms with Gasteiger partial charge in [-0.25, -0.2) is 0 Å². The van der Waals surface area contributed by atoms with Gasteiger partial charge in [0.25, 0.3) is 0 Å². The molecular weight excluding hydrogens is 254 g/mol. The van der Waals surface area contributed by atoms with Crippen molar-refractivity contribution in [3.63, 3.8) is 0 Å². The fourth-order valence-electron chi connectivity index (χ4n) is 3.45. The van der Waals surface area contributed by atoms with E-state index in [1.165, 1.54) is 12.5 Å². The quantitative estimate of drug-likeness (QED) is 0.789. The molecule has 3 atom stereocenters. The maximum atomic E-state index is 11.8. The van der Waals surface area contributed by atoms with Crippen LogP contribution in [0, 0.1) is 0 Å². The van der Waals surface area contributed by atoms with Crippen LogP contribution in [0.15, 0.2) is 30.3 Å². The van der Waals surface area contributed by atoms with Crippen molar-refractivity contribution < 1.29 is 14.3 Å². The van der Waals surface area contributed by atoms with Crippen LogP contribution in [-0.4, -0.2) is 34.8 Å². The first-order valence-electron chi connectivity index (χ1n) is 7.12. The van der Waals surface area contributed by atoms with Crippen molar-refractivity contribution in [1.82, 2.24) is 4.90 Å². The van der Waals surface area contributed by atoms with E-state index in [0.29, 0.717) is 18.6 Å². The number of Topliss-reactive ketones (excluding diaryl/α,β-unsaturated/α-hetero) is 1. The molecule has 2 bridgehead atoms. The molecule has 0 saturated carbocycles. The number of carbonyl (C=O) groups is 2. The topological polar surface area (TPSA) is 46.6 Å². The Morgan fingerprint density at radius 2 is 2.05 bits per heavy atom. The molecule has 2 fully saturated rings. The summed E-state index contributed by atoms with van der Waals surface area (Å²) in [6, 6.07) is 10.5. The largest absolute Gasteiger partial charge is 0.461 e. The van der Waals surface area contributed by atoms with Crippen molar-refractivity contribution in [2.75, 3.05) is 0 Å². The van der Waals surface area contributed by atoms with Gasteiger partial charge in [-0.05, 0) is 5.56 Å². The molecule has 20 heavy (non-hydrogen) atoms. The lowest BCUT2D eigenvalue weighted by atomic mass is 10.00. The highest BCUT2D eigenvalue weighted by Gasteiger charge is 2.47. The van der Waals surface area contributed by atoms with Gasteiger partial charge in [-0.3, -0.25) is 14.5 Å².